The second kappa shape index (κ2) is 44.3. The van der Waals surface area contributed by atoms with Gasteiger partial charge in [-0.15, -0.1) is 0 Å². The van der Waals surface area contributed by atoms with Crippen molar-refractivity contribution in [2.45, 2.75) is 245 Å². The number of rotatable bonds is 42. The van der Waals surface area contributed by atoms with Crippen LogP contribution in [0.1, 0.15) is 239 Å². The third-order valence-electron chi connectivity index (χ3n) is 10.2. The third kappa shape index (κ3) is 42.6. The zero-order chi connectivity index (χ0) is 40.1. The van der Waals surface area contributed by atoms with Crippen molar-refractivity contribution in [2.24, 2.45) is 0 Å². The first-order chi connectivity index (χ1) is 27.0. The Bertz CT molecular complexity index is 938. The normalized spacial score (nSPS) is 12.3. The van der Waals surface area contributed by atoms with E-state index in [1.165, 1.54) is 103 Å². The molecule has 6 nitrogen and oxygen atoms in total. The molecule has 0 aliphatic rings. The molecule has 0 N–H and O–H groups in total. The minimum Gasteiger partial charge on any atom is -0.462 e. The summed E-state index contributed by atoms with van der Waals surface area (Å²) in [5.41, 5.74) is 0. The number of carbonyl (C=O) groups is 3. The molecule has 0 aliphatic carbocycles. The molecule has 0 fully saturated rings. The van der Waals surface area contributed by atoms with Crippen LogP contribution in [0.3, 0.4) is 0 Å². The lowest BCUT2D eigenvalue weighted by atomic mass is 10.1. The van der Waals surface area contributed by atoms with Gasteiger partial charge in [0, 0.05) is 19.3 Å². The predicted molar refractivity (Wildman–Crippen MR) is 233 cm³/mol. The Hall–Kier alpha value is -2.37. The Morgan fingerprint density at radius 3 is 1.11 bits per heavy atom. The fourth-order valence-electron chi connectivity index (χ4n) is 6.63. The molecular weight excluding hydrogens is 685 g/mol. The van der Waals surface area contributed by atoms with E-state index in [9.17, 15) is 14.4 Å². The molecule has 55 heavy (non-hydrogen) atoms. The minimum absolute atomic E-state index is 0.0742. The average molecular weight is 773 g/mol. The second-order valence-corrected chi connectivity index (χ2v) is 15.6. The summed E-state index contributed by atoms with van der Waals surface area (Å²) in [4.78, 5) is 37.7. The highest BCUT2D eigenvalue weighted by Crippen LogP contribution is 2.15. The van der Waals surface area contributed by atoms with Gasteiger partial charge in [-0.05, 0) is 51.4 Å². The number of carbonyl (C=O) groups excluding carboxylic acids is 3. The first kappa shape index (κ1) is 52.6. The van der Waals surface area contributed by atoms with Crippen molar-refractivity contribution in [3.05, 3.63) is 36.5 Å². The average Bonchev–Trinajstić information content (AvgIpc) is 3.18. The lowest BCUT2D eigenvalue weighted by Crippen LogP contribution is -2.30. The fourth-order valence-corrected chi connectivity index (χ4v) is 6.63. The van der Waals surface area contributed by atoms with Crippen molar-refractivity contribution in [3.63, 3.8) is 0 Å². The zero-order valence-corrected chi connectivity index (χ0v) is 36.4. The lowest BCUT2D eigenvalue weighted by molar-refractivity contribution is -0.167. The van der Waals surface area contributed by atoms with Gasteiger partial charge in [0.1, 0.15) is 13.2 Å². The summed E-state index contributed by atoms with van der Waals surface area (Å²) in [7, 11) is 0. The first-order valence-electron chi connectivity index (χ1n) is 23.5. The van der Waals surface area contributed by atoms with Crippen LogP contribution in [0.2, 0.25) is 0 Å². The van der Waals surface area contributed by atoms with Gasteiger partial charge in [-0.25, -0.2) is 0 Å². The summed E-state index contributed by atoms with van der Waals surface area (Å²) in [5.74, 6) is -0.888. The molecule has 0 radical (unpaired) electrons. The van der Waals surface area contributed by atoms with Crippen LogP contribution < -0.4 is 0 Å². The molecular formula is C49H88O6. The number of hydrogen-bond acceptors (Lipinski definition) is 6. The molecule has 1 unspecified atom stereocenters. The van der Waals surface area contributed by atoms with Crippen LogP contribution in [0, 0.1) is 0 Å². The van der Waals surface area contributed by atoms with Crippen LogP contribution in [-0.4, -0.2) is 37.2 Å². The van der Waals surface area contributed by atoms with Crippen molar-refractivity contribution < 1.29 is 28.6 Å². The minimum atomic E-state index is -0.771. The Labute approximate surface area is 340 Å². The largest absolute Gasteiger partial charge is 0.462 e. The Kier molecular flexibility index (Phi) is 42.4. The summed E-state index contributed by atoms with van der Waals surface area (Å²) in [5, 5.41) is 0. The van der Waals surface area contributed by atoms with Crippen molar-refractivity contribution in [1.29, 1.82) is 0 Å². The molecule has 0 aromatic rings. The fraction of sp³-hybridized carbons (Fsp3) is 0.816. The van der Waals surface area contributed by atoms with Gasteiger partial charge in [0.05, 0.1) is 0 Å². The Morgan fingerprint density at radius 1 is 0.382 bits per heavy atom. The maximum absolute atomic E-state index is 12.7. The molecule has 6 heteroatoms. The molecule has 0 heterocycles. The van der Waals surface area contributed by atoms with E-state index >= 15 is 0 Å². The van der Waals surface area contributed by atoms with E-state index in [4.69, 9.17) is 14.2 Å². The summed E-state index contributed by atoms with van der Waals surface area (Å²) in [6, 6.07) is 0. The van der Waals surface area contributed by atoms with Gasteiger partial charge in [-0.3, -0.25) is 14.4 Å². The lowest BCUT2D eigenvalue weighted by Gasteiger charge is -2.18. The molecule has 0 aliphatic heterocycles. The zero-order valence-electron chi connectivity index (χ0n) is 36.4. The van der Waals surface area contributed by atoms with Gasteiger partial charge in [0.25, 0.3) is 0 Å². The van der Waals surface area contributed by atoms with Gasteiger partial charge >= 0.3 is 17.9 Å². The standard InChI is InChI=1S/C49H88O6/c1-4-7-10-13-16-19-22-23-24-25-28-30-33-36-39-42-48(51)54-45-46(55-49(52)43-40-37-34-31-27-21-18-15-12-9-6-3)44-53-47(50)41-38-35-32-29-26-20-17-14-11-8-5-2/h7,10,16,19,23-24,46H,4-6,8-9,11-15,17-18,20-22,25-45H2,1-3H3/b10-7-,19-16-,24-23-. The highest BCUT2D eigenvalue weighted by atomic mass is 16.6. The topological polar surface area (TPSA) is 78.9 Å². The molecule has 0 aromatic carbocycles. The predicted octanol–water partition coefficient (Wildman–Crippen LogP) is 15.0. The van der Waals surface area contributed by atoms with E-state index in [1.807, 2.05) is 0 Å². The third-order valence-corrected chi connectivity index (χ3v) is 10.2. The van der Waals surface area contributed by atoms with Gasteiger partial charge in [0.2, 0.25) is 0 Å². The van der Waals surface area contributed by atoms with Crippen LogP contribution >= 0.6 is 0 Å². The quantitative estimate of drug-likeness (QED) is 0.0266. The number of ether oxygens (including phenoxy) is 3. The SMILES string of the molecule is CC/C=C\C/C=C\C/C=C\CCCCCCCC(=O)OCC(COC(=O)CCCCCCCCCCCCC)OC(=O)CCCCCCCCCCCCC. The molecule has 0 bridgehead atoms. The molecule has 0 spiro atoms. The van der Waals surface area contributed by atoms with E-state index < -0.39 is 6.10 Å². The summed E-state index contributed by atoms with van der Waals surface area (Å²) in [6.07, 6.45) is 49.8. The Balaban J connectivity index is 4.37. The maximum atomic E-state index is 12.7. The van der Waals surface area contributed by atoms with Crippen molar-refractivity contribution in [1.82, 2.24) is 0 Å². The number of unbranched alkanes of at least 4 members (excludes halogenated alkanes) is 25. The van der Waals surface area contributed by atoms with Crippen LogP contribution in [0.5, 0.6) is 0 Å². The smallest absolute Gasteiger partial charge is 0.306 e. The van der Waals surface area contributed by atoms with Gasteiger partial charge in [0.15, 0.2) is 6.10 Å². The van der Waals surface area contributed by atoms with Crippen LogP contribution in [0.25, 0.3) is 0 Å². The first-order valence-corrected chi connectivity index (χ1v) is 23.5. The van der Waals surface area contributed by atoms with E-state index in [-0.39, 0.29) is 31.1 Å². The van der Waals surface area contributed by atoms with E-state index in [0.29, 0.717) is 19.3 Å². The summed E-state index contributed by atoms with van der Waals surface area (Å²) < 4.78 is 16.7. The second-order valence-electron chi connectivity index (χ2n) is 15.6. The molecule has 1 atom stereocenters. The Morgan fingerprint density at radius 2 is 0.709 bits per heavy atom. The maximum Gasteiger partial charge on any atom is 0.306 e. The molecule has 0 rings (SSSR count). The van der Waals surface area contributed by atoms with Crippen molar-refractivity contribution >= 4 is 17.9 Å². The van der Waals surface area contributed by atoms with Crippen LogP contribution in [0.4, 0.5) is 0 Å². The van der Waals surface area contributed by atoms with Gasteiger partial charge in [-0.2, -0.15) is 0 Å². The molecule has 0 amide bonds. The number of allylic oxidation sites excluding steroid dienone is 6. The van der Waals surface area contributed by atoms with Crippen LogP contribution in [0.15, 0.2) is 36.5 Å². The summed E-state index contributed by atoms with van der Waals surface area (Å²) in [6.45, 7) is 6.50. The number of hydrogen-bond donors (Lipinski definition) is 0. The van der Waals surface area contributed by atoms with Gasteiger partial charge < -0.3 is 14.2 Å². The van der Waals surface area contributed by atoms with Crippen molar-refractivity contribution in [2.75, 3.05) is 13.2 Å². The summed E-state index contributed by atoms with van der Waals surface area (Å²) >= 11 is 0. The molecule has 320 valence electrons. The highest BCUT2D eigenvalue weighted by Gasteiger charge is 2.19. The molecule has 0 aromatic heterocycles. The van der Waals surface area contributed by atoms with E-state index in [1.54, 1.807) is 0 Å². The van der Waals surface area contributed by atoms with Gasteiger partial charge in [-0.1, -0.05) is 205 Å². The van der Waals surface area contributed by atoms with Crippen molar-refractivity contribution in [3.8, 4) is 0 Å². The number of esters is 3. The molecule has 0 saturated carbocycles. The highest BCUT2D eigenvalue weighted by molar-refractivity contribution is 5.71. The van der Waals surface area contributed by atoms with E-state index in [2.05, 4.69) is 57.2 Å². The van der Waals surface area contributed by atoms with Crippen LogP contribution in [-0.2, 0) is 28.6 Å². The van der Waals surface area contributed by atoms with E-state index in [0.717, 1.165) is 96.3 Å². The molecule has 0 saturated heterocycles. The monoisotopic (exact) mass is 773 g/mol.